The summed E-state index contributed by atoms with van der Waals surface area (Å²) in [4.78, 5) is 0. The number of benzene rings is 4. The minimum absolute atomic E-state index is 0.937. The molecule has 4 aromatic carbocycles. The smallest absolute Gasteiger partial charge is 0.136 e. The van der Waals surface area contributed by atoms with Gasteiger partial charge in [-0.25, -0.2) is 0 Å². The summed E-state index contributed by atoms with van der Waals surface area (Å²) in [5.41, 5.74) is 5.12. The lowest BCUT2D eigenvalue weighted by molar-refractivity contribution is 0.487. The summed E-state index contributed by atoms with van der Waals surface area (Å²) < 4.78 is 6.30. The van der Waals surface area contributed by atoms with E-state index in [1.807, 2.05) is 6.07 Å². The summed E-state index contributed by atoms with van der Waals surface area (Å²) in [7, 11) is 0. The van der Waals surface area contributed by atoms with Crippen LogP contribution in [0.5, 0.6) is 11.5 Å². The van der Waals surface area contributed by atoms with E-state index in [2.05, 4.69) is 80.6 Å². The predicted molar refractivity (Wildman–Crippen MR) is 111 cm³/mol. The monoisotopic (exact) mass is 336 g/mol. The third-order valence-corrected chi connectivity index (χ3v) is 5.42. The first kappa shape index (κ1) is 15.2. The van der Waals surface area contributed by atoms with E-state index in [0.717, 1.165) is 17.9 Å². The number of para-hydroxylation sites is 1. The highest BCUT2D eigenvalue weighted by molar-refractivity contribution is 6.17. The van der Waals surface area contributed by atoms with Crippen molar-refractivity contribution in [2.24, 2.45) is 0 Å². The van der Waals surface area contributed by atoms with Crippen molar-refractivity contribution in [3.63, 3.8) is 0 Å². The molecule has 0 aliphatic carbocycles. The number of ether oxygens (including phenoxy) is 1. The minimum atomic E-state index is 0.937. The van der Waals surface area contributed by atoms with Gasteiger partial charge >= 0.3 is 0 Å². The van der Waals surface area contributed by atoms with Crippen molar-refractivity contribution in [1.82, 2.24) is 0 Å². The van der Waals surface area contributed by atoms with Crippen molar-refractivity contribution in [2.45, 2.75) is 20.3 Å². The maximum Gasteiger partial charge on any atom is 0.136 e. The van der Waals surface area contributed by atoms with Crippen molar-refractivity contribution in [1.29, 1.82) is 0 Å². The standard InChI is InChI=1S/C25H20O/c1-3-16(4-2)18-13-21-19-10-6-5-9-17(19)15-24-25(21)22(14-18)20-11-7-8-12-23(20)26-24/h3,5-15H,4H2,1-2H3. The lowest BCUT2D eigenvalue weighted by Crippen LogP contribution is -1.99. The number of rotatable bonds is 2. The molecule has 126 valence electrons. The van der Waals surface area contributed by atoms with Gasteiger partial charge in [0.15, 0.2) is 0 Å². The van der Waals surface area contributed by atoms with Crippen molar-refractivity contribution in [3.05, 3.63) is 78.4 Å². The van der Waals surface area contributed by atoms with Gasteiger partial charge in [0.25, 0.3) is 0 Å². The molecule has 0 amide bonds. The van der Waals surface area contributed by atoms with Crippen LogP contribution in [0.3, 0.4) is 0 Å². The van der Waals surface area contributed by atoms with Crippen LogP contribution in [0.25, 0.3) is 38.2 Å². The molecule has 1 nitrogen and oxygen atoms in total. The van der Waals surface area contributed by atoms with Crippen LogP contribution in [0.1, 0.15) is 25.8 Å². The Morgan fingerprint density at radius 2 is 1.65 bits per heavy atom. The summed E-state index contributed by atoms with van der Waals surface area (Å²) in [5, 5.41) is 4.99. The summed E-state index contributed by atoms with van der Waals surface area (Å²) in [6, 6.07) is 23.8. The van der Waals surface area contributed by atoms with E-state index in [-0.39, 0.29) is 0 Å². The number of allylic oxidation sites excluding steroid dienone is 2. The molecule has 4 aromatic rings. The zero-order valence-electron chi connectivity index (χ0n) is 15.0. The summed E-state index contributed by atoms with van der Waals surface area (Å²) >= 11 is 0. The summed E-state index contributed by atoms with van der Waals surface area (Å²) in [6.07, 6.45) is 3.25. The molecule has 5 rings (SSSR count). The van der Waals surface area contributed by atoms with Crippen molar-refractivity contribution < 1.29 is 4.74 Å². The van der Waals surface area contributed by atoms with E-state index in [4.69, 9.17) is 4.74 Å². The van der Waals surface area contributed by atoms with Crippen LogP contribution in [-0.2, 0) is 0 Å². The van der Waals surface area contributed by atoms with Crippen LogP contribution in [0, 0.1) is 0 Å². The van der Waals surface area contributed by atoms with Crippen LogP contribution >= 0.6 is 0 Å². The Balaban J connectivity index is 1.99. The highest BCUT2D eigenvalue weighted by atomic mass is 16.5. The van der Waals surface area contributed by atoms with Gasteiger partial charge in [0.2, 0.25) is 0 Å². The van der Waals surface area contributed by atoms with Gasteiger partial charge in [-0.2, -0.15) is 0 Å². The van der Waals surface area contributed by atoms with Gasteiger partial charge in [0, 0.05) is 10.9 Å². The van der Waals surface area contributed by atoms with E-state index < -0.39 is 0 Å². The average molecular weight is 336 g/mol. The molecule has 0 bridgehead atoms. The molecule has 1 aliphatic heterocycles. The molecule has 0 aromatic heterocycles. The topological polar surface area (TPSA) is 9.23 Å². The molecule has 0 spiro atoms. The molecule has 0 saturated carbocycles. The maximum atomic E-state index is 6.30. The molecule has 0 saturated heterocycles. The van der Waals surface area contributed by atoms with Crippen LogP contribution in [0.4, 0.5) is 0 Å². The normalized spacial score (nSPS) is 12.9. The van der Waals surface area contributed by atoms with E-state index >= 15 is 0 Å². The van der Waals surface area contributed by atoms with Crippen molar-refractivity contribution in [3.8, 4) is 22.6 Å². The zero-order chi connectivity index (χ0) is 17.7. The molecule has 26 heavy (non-hydrogen) atoms. The van der Waals surface area contributed by atoms with Crippen LogP contribution < -0.4 is 4.74 Å². The zero-order valence-corrected chi connectivity index (χ0v) is 15.0. The second kappa shape index (κ2) is 5.74. The Bertz CT molecular complexity index is 1200. The fraction of sp³-hybridized carbons (Fsp3) is 0.120. The van der Waals surface area contributed by atoms with Gasteiger partial charge in [-0.05, 0) is 70.5 Å². The van der Waals surface area contributed by atoms with Gasteiger partial charge in [-0.1, -0.05) is 55.5 Å². The minimum Gasteiger partial charge on any atom is -0.456 e. The maximum absolute atomic E-state index is 6.30. The highest BCUT2D eigenvalue weighted by Gasteiger charge is 2.22. The second-order valence-corrected chi connectivity index (χ2v) is 6.81. The molecule has 0 fully saturated rings. The number of hydrogen-bond acceptors (Lipinski definition) is 1. The SMILES string of the molecule is CC=C(CC)c1cc2c3c(cc4ccccc4c3c1)Oc1ccccc1-2. The average Bonchev–Trinajstić information content (AvgIpc) is 2.69. The number of fused-ring (bicyclic) bond motifs is 4. The predicted octanol–water partition coefficient (Wildman–Crippen LogP) is 7.58. The molecular weight excluding hydrogens is 316 g/mol. The summed E-state index contributed by atoms with van der Waals surface area (Å²) in [6.45, 7) is 4.34. The molecular formula is C25H20O. The molecule has 1 heteroatoms. The van der Waals surface area contributed by atoms with Crippen molar-refractivity contribution >= 4 is 27.1 Å². The van der Waals surface area contributed by atoms with E-state index in [0.29, 0.717) is 0 Å². The van der Waals surface area contributed by atoms with Gasteiger partial charge in [-0.15, -0.1) is 0 Å². The van der Waals surface area contributed by atoms with Gasteiger partial charge in [0.1, 0.15) is 11.5 Å². The Morgan fingerprint density at radius 1 is 0.846 bits per heavy atom. The Morgan fingerprint density at radius 3 is 2.50 bits per heavy atom. The van der Waals surface area contributed by atoms with Gasteiger partial charge < -0.3 is 4.74 Å². The third-order valence-electron chi connectivity index (χ3n) is 5.42. The number of hydrogen-bond donors (Lipinski definition) is 0. The molecule has 0 radical (unpaired) electrons. The first-order valence-corrected chi connectivity index (χ1v) is 9.22. The largest absolute Gasteiger partial charge is 0.456 e. The quantitative estimate of drug-likeness (QED) is 0.302. The Kier molecular flexibility index (Phi) is 3.36. The molecule has 0 atom stereocenters. The third kappa shape index (κ3) is 2.10. The molecule has 0 unspecified atom stereocenters. The van der Waals surface area contributed by atoms with Crippen LogP contribution in [0.2, 0.25) is 0 Å². The Labute approximate surface area is 153 Å². The Hall–Kier alpha value is -3.06. The van der Waals surface area contributed by atoms with Crippen LogP contribution in [0.15, 0.2) is 72.8 Å². The van der Waals surface area contributed by atoms with Crippen LogP contribution in [-0.4, -0.2) is 0 Å². The summed E-state index contributed by atoms with van der Waals surface area (Å²) in [5.74, 6) is 1.89. The first-order valence-electron chi connectivity index (χ1n) is 9.22. The highest BCUT2D eigenvalue weighted by Crippen LogP contribution is 2.49. The lowest BCUT2D eigenvalue weighted by atomic mass is 9.88. The second-order valence-electron chi connectivity index (χ2n) is 6.81. The molecule has 1 heterocycles. The van der Waals surface area contributed by atoms with E-state index in [9.17, 15) is 0 Å². The van der Waals surface area contributed by atoms with Crippen molar-refractivity contribution in [2.75, 3.05) is 0 Å². The van der Waals surface area contributed by atoms with E-state index in [1.165, 1.54) is 43.8 Å². The lowest BCUT2D eigenvalue weighted by Gasteiger charge is -2.23. The van der Waals surface area contributed by atoms with Gasteiger partial charge in [-0.3, -0.25) is 0 Å². The first-order chi connectivity index (χ1) is 12.8. The molecule has 1 aliphatic rings. The van der Waals surface area contributed by atoms with Gasteiger partial charge in [0.05, 0.1) is 0 Å². The van der Waals surface area contributed by atoms with E-state index in [1.54, 1.807) is 0 Å². The fourth-order valence-corrected chi connectivity index (χ4v) is 4.15. The fourth-order valence-electron chi connectivity index (χ4n) is 4.15. The molecule has 0 N–H and O–H groups in total.